The third-order valence-corrected chi connectivity index (χ3v) is 3.42. The molecule has 1 aromatic rings. The van der Waals surface area contributed by atoms with Gasteiger partial charge in [-0.1, -0.05) is 0 Å². The zero-order valence-electron chi connectivity index (χ0n) is 11.1. The van der Waals surface area contributed by atoms with Crippen LogP contribution >= 0.6 is 0 Å². The molecule has 0 unspecified atom stereocenters. The Labute approximate surface area is 111 Å². The van der Waals surface area contributed by atoms with Crippen LogP contribution in [0.5, 0.6) is 0 Å². The summed E-state index contributed by atoms with van der Waals surface area (Å²) in [5, 5.41) is 8.77. The van der Waals surface area contributed by atoms with E-state index in [2.05, 4.69) is 0 Å². The standard InChI is InChI=1S/C13H18N2O4/c1-9-3-4-11(14(9)2)13(18)15-5-6-19-10(8-15)7-12(16)17/h3-4,10H,5-8H2,1-2H3,(H,16,17)/t10-/m1/s1. The normalized spacial score (nSPS) is 19.5. The first kappa shape index (κ1) is 13.6. The molecule has 6 nitrogen and oxygen atoms in total. The van der Waals surface area contributed by atoms with E-state index in [1.54, 1.807) is 11.0 Å². The molecule has 0 saturated carbocycles. The summed E-state index contributed by atoms with van der Waals surface area (Å²) >= 11 is 0. The average Bonchev–Trinajstić information content (AvgIpc) is 2.69. The molecular weight excluding hydrogens is 248 g/mol. The fraction of sp³-hybridized carbons (Fsp3) is 0.538. The van der Waals surface area contributed by atoms with Gasteiger partial charge in [0.25, 0.3) is 5.91 Å². The highest BCUT2D eigenvalue weighted by Gasteiger charge is 2.27. The van der Waals surface area contributed by atoms with Crippen LogP contribution in [-0.2, 0) is 16.6 Å². The van der Waals surface area contributed by atoms with Gasteiger partial charge in [0.05, 0.1) is 19.1 Å². The van der Waals surface area contributed by atoms with Gasteiger partial charge in [0.1, 0.15) is 5.69 Å². The van der Waals surface area contributed by atoms with E-state index in [9.17, 15) is 9.59 Å². The maximum Gasteiger partial charge on any atom is 0.306 e. The first-order chi connectivity index (χ1) is 8.99. The number of hydrogen-bond acceptors (Lipinski definition) is 3. The van der Waals surface area contributed by atoms with Crippen LogP contribution in [0.25, 0.3) is 0 Å². The lowest BCUT2D eigenvalue weighted by Gasteiger charge is -2.32. The molecule has 0 bridgehead atoms. The van der Waals surface area contributed by atoms with Crippen LogP contribution in [-0.4, -0.2) is 52.3 Å². The number of hydrogen-bond donors (Lipinski definition) is 1. The van der Waals surface area contributed by atoms with E-state index in [-0.39, 0.29) is 12.3 Å². The summed E-state index contributed by atoms with van der Waals surface area (Å²) in [4.78, 5) is 24.7. The number of aromatic nitrogens is 1. The van der Waals surface area contributed by atoms with Gasteiger partial charge >= 0.3 is 5.97 Å². The molecule has 1 amide bonds. The Hall–Kier alpha value is -1.82. The zero-order chi connectivity index (χ0) is 14.0. The number of aryl methyl sites for hydroxylation is 1. The predicted octanol–water partition coefficient (Wildman–Crippen LogP) is 0.649. The van der Waals surface area contributed by atoms with Crippen molar-refractivity contribution >= 4 is 11.9 Å². The summed E-state index contributed by atoms with van der Waals surface area (Å²) < 4.78 is 7.20. The van der Waals surface area contributed by atoms with Gasteiger partial charge in [-0.2, -0.15) is 0 Å². The second-order valence-corrected chi connectivity index (χ2v) is 4.76. The van der Waals surface area contributed by atoms with E-state index < -0.39 is 12.1 Å². The molecule has 0 radical (unpaired) electrons. The van der Waals surface area contributed by atoms with Crippen LogP contribution < -0.4 is 0 Å². The van der Waals surface area contributed by atoms with Crippen molar-refractivity contribution in [3.8, 4) is 0 Å². The molecule has 1 aliphatic heterocycles. The molecule has 1 saturated heterocycles. The number of aliphatic carboxylic acids is 1. The molecule has 0 aliphatic carbocycles. The van der Waals surface area contributed by atoms with Gasteiger partial charge in [-0.05, 0) is 19.1 Å². The SMILES string of the molecule is Cc1ccc(C(=O)N2CCO[C@H](CC(=O)O)C2)n1C. The zero-order valence-corrected chi connectivity index (χ0v) is 11.1. The highest BCUT2D eigenvalue weighted by molar-refractivity contribution is 5.93. The number of amides is 1. The Balaban J connectivity index is 2.07. The van der Waals surface area contributed by atoms with E-state index in [0.29, 0.717) is 25.4 Å². The number of carboxylic acid groups (broad SMARTS) is 1. The number of rotatable bonds is 3. The van der Waals surface area contributed by atoms with E-state index in [1.165, 1.54) is 0 Å². The van der Waals surface area contributed by atoms with Crippen LogP contribution in [0.1, 0.15) is 22.6 Å². The molecule has 1 N–H and O–H groups in total. The fourth-order valence-corrected chi connectivity index (χ4v) is 2.21. The van der Waals surface area contributed by atoms with Crippen LogP contribution in [0, 0.1) is 6.92 Å². The Kier molecular flexibility index (Phi) is 3.90. The van der Waals surface area contributed by atoms with Crippen LogP contribution in [0.15, 0.2) is 12.1 Å². The van der Waals surface area contributed by atoms with E-state index in [1.807, 2.05) is 24.6 Å². The van der Waals surface area contributed by atoms with Gasteiger partial charge in [-0.15, -0.1) is 0 Å². The minimum atomic E-state index is -0.908. The molecule has 1 atom stereocenters. The maximum absolute atomic E-state index is 12.4. The molecule has 19 heavy (non-hydrogen) atoms. The second kappa shape index (κ2) is 5.44. The average molecular weight is 266 g/mol. The second-order valence-electron chi connectivity index (χ2n) is 4.76. The summed E-state index contributed by atoms with van der Waals surface area (Å²) in [5.41, 5.74) is 1.63. The number of nitrogens with zero attached hydrogens (tertiary/aromatic N) is 2. The van der Waals surface area contributed by atoms with Gasteiger partial charge in [-0.3, -0.25) is 9.59 Å². The first-order valence-corrected chi connectivity index (χ1v) is 6.24. The largest absolute Gasteiger partial charge is 0.481 e. The maximum atomic E-state index is 12.4. The van der Waals surface area contributed by atoms with Gasteiger partial charge in [0, 0.05) is 25.8 Å². The van der Waals surface area contributed by atoms with E-state index in [4.69, 9.17) is 9.84 Å². The van der Waals surface area contributed by atoms with E-state index in [0.717, 1.165) is 5.69 Å². The number of morpholine rings is 1. The van der Waals surface area contributed by atoms with Crippen molar-refractivity contribution in [1.29, 1.82) is 0 Å². The summed E-state index contributed by atoms with van der Waals surface area (Å²) in [5.74, 6) is -0.983. The highest BCUT2D eigenvalue weighted by atomic mass is 16.5. The molecule has 6 heteroatoms. The molecule has 104 valence electrons. The van der Waals surface area contributed by atoms with E-state index >= 15 is 0 Å². The third-order valence-electron chi connectivity index (χ3n) is 3.42. The van der Waals surface area contributed by atoms with Crippen LogP contribution in [0.3, 0.4) is 0 Å². The van der Waals surface area contributed by atoms with Crippen molar-refractivity contribution in [3.05, 3.63) is 23.5 Å². The summed E-state index contributed by atoms with van der Waals surface area (Å²) in [7, 11) is 1.84. The Morgan fingerprint density at radius 3 is 2.79 bits per heavy atom. The van der Waals surface area contributed by atoms with Crippen molar-refractivity contribution < 1.29 is 19.4 Å². The topological polar surface area (TPSA) is 71.8 Å². The minimum Gasteiger partial charge on any atom is -0.481 e. The molecular formula is C13H18N2O4. The van der Waals surface area contributed by atoms with Gasteiger partial charge in [0.2, 0.25) is 0 Å². The van der Waals surface area contributed by atoms with Gasteiger partial charge in [-0.25, -0.2) is 0 Å². The molecule has 1 aliphatic rings. The number of ether oxygens (including phenoxy) is 1. The van der Waals surface area contributed by atoms with Crippen molar-refractivity contribution in [2.24, 2.45) is 7.05 Å². The molecule has 0 aromatic carbocycles. The Bertz CT molecular complexity index is 495. The van der Waals surface area contributed by atoms with Crippen molar-refractivity contribution in [1.82, 2.24) is 9.47 Å². The van der Waals surface area contributed by atoms with Crippen LogP contribution in [0.2, 0.25) is 0 Å². The molecule has 2 heterocycles. The fourth-order valence-electron chi connectivity index (χ4n) is 2.21. The Morgan fingerprint density at radius 1 is 1.47 bits per heavy atom. The van der Waals surface area contributed by atoms with Gasteiger partial charge < -0.3 is 19.3 Å². The summed E-state index contributed by atoms with van der Waals surface area (Å²) in [6.07, 6.45) is -0.493. The smallest absolute Gasteiger partial charge is 0.306 e. The van der Waals surface area contributed by atoms with Gasteiger partial charge in [0.15, 0.2) is 0 Å². The first-order valence-electron chi connectivity index (χ1n) is 6.24. The molecule has 2 rings (SSSR count). The number of carbonyl (C=O) groups is 2. The summed E-state index contributed by atoms with van der Waals surface area (Å²) in [6, 6.07) is 3.68. The lowest BCUT2D eigenvalue weighted by Crippen LogP contribution is -2.46. The van der Waals surface area contributed by atoms with Crippen molar-refractivity contribution in [3.63, 3.8) is 0 Å². The minimum absolute atomic E-state index is 0.0735. The number of carbonyl (C=O) groups excluding carboxylic acids is 1. The van der Waals surface area contributed by atoms with Crippen molar-refractivity contribution in [2.45, 2.75) is 19.4 Å². The molecule has 1 aromatic heterocycles. The monoisotopic (exact) mass is 266 g/mol. The summed E-state index contributed by atoms with van der Waals surface area (Å²) in [6.45, 7) is 3.14. The lowest BCUT2D eigenvalue weighted by molar-refractivity contribution is -0.141. The van der Waals surface area contributed by atoms with Crippen LogP contribution in [0.4, 0.5) is 0 Å². The number of carboxylic acids is 1. The van der Waals surface area contributed by atoms with Crippen molar-refractivity contribution in [2.75, 3.05) is 19.7 Å². The Morgan fingerprint density at radius 2 is 2.21 bits per heavy atom. The quantitative estimate of drug-likeness (QED) is 0.872. The predicted molar refractivity (Wildman–Crippen MR) is 68.0 cm³/mol. The highest BCUT2D eigenvalue weighted by Crippen LogP contribution is 2.14. The molecule has 1 fully saturated rings. The molecule has 0 spiro atoms. The lowest BCUT2D eigenvalue weighted by atomic mass is 10.2. The third kappa shape index (κ3) is 2.96.